The number of nitrogens with zero attached hydrogens (tertiary/aromatic N) is 1. The SMILES string of the molecule is COc1cc2c(cc1OC)[C@H]1Cc3c(cc(O)c4c3OCO4)[C@@H](C2)N1C. The van der Waals surface area contributed by atoms with Gasteiger partial charge in [-0.25, -0.2) is 0 Å². The Kier molecular flexibility index (Phi) is 3.28. The highest BCUT2D eigenvalue weighted by Crippen LogP contribution is 2.55. The van der Waals surface area contributed by atoms with Crippen LogP contribution < -0.4 is 18.9 Å². The lowest BCUT2D eigenvalue weighted by Crippen LogP contribution is -2.40. The standard InChI is InChI=1S/C20H21NO5/c1-21-14-4-10-5-17(23-2)18(24-3)8-11(10)15(21)6-13-12(14)7-16(22)20-19(13)25-9-26-20/h5,7-8,14-15,22H,4,6,9H2,1-3H3/t14-,15-/m1/s1. The van der Waals surface area contributed by atoms with Crippen LogP contribution in [0.15, 0.2) is 18.2 Å². The zero-order chi connectivity index (χ0) is 18.0. The topological polar surface area (TPSA) is 60.4 Å². The van der Waals surface area contributed by atoms with E-state index in [9.17, 15) is 5.11 Å². The van der Waals surface area contributed by atoms with Crippen molar-refractivity contribution in [3.05, 3.63) is 40.5 Å². The van der Waals surface area contributed by atoms with Crippen molar-refractivity contribution in [2.45, 2.75) is 24.9 Å². The summed E-state index contributed by atoms with van der Waals surface area (Å²) in [5.41, 5.74) is 4.78. The molecular weight excluding hydrogens is 334 g/mol. The molecule has 0 radical (unpaired) electrons. The van der Waals surface area contributed by atoms with Crippen molar-refractivity contribution < 1.29 is 24.1 Å². The van der Waals surface area contributed by atoms with Gasteiger partial charge in [0.1, 0.15) is 0 Å². The molecule has 0 spiro atoms. The van der Waals surface area contributed by atoms with Crippen molar-refractivity contribution in [2.75, 3.05) is 28.1 Å². The van der Waals surface area contributed by atoms with Crippen LogP contribution in [0.1, 0.15) is 34.3 Å². The second kappa shape index (κ2) is 5.45. The number of phenols is 1. The molecule has 6 nitrogen and oxygen atoms in total. The van der Waals surface area contributed by atoms with Gasteiger partial charge in [0.05, 0.1) is 14.2 Å². The van der Waals surface area contributed by atoms with Crippen molar-refractivity contribution in [3.8, 4) is 28.7 Å². The molecule has 2 aromatic rings. The Morgan fingerprint density at radius 2 is 1.65 bits per heavy atom. The van der Waals surface area contributed by atoms with Crippen LogP contribution in [0.5, 0.6) is 28.7 Å². The van der Waals surface area contributed by atoms with E-state index in [4.69, 9.17) is 18.9 Å². The highest BCUT2D eigenvalue weighted by Gasteiger charge is 2.42. The van der Waals surface area contributed by atoms with Gasteiger partial charge in [0, 0.05) is 17.6 Å². The minimum atomic E-state index is 0.154. The molecule has 2 bridgehead atoms. The largest absolute Gasteiger partial charge is 0.504 e. The van der Waals surface area contributed by atoms with Crippen LogP contribution in [0.3, 0.4) is 0 Å². The summed E-state index contributed by atoms with van der Waals surface area (Å²) in [4.78, 5) is 2.37. The molecule has 136 valence electrons. The molecule has 0 aliphatic carbocycles. The third-order valence-corrected chi connectivity index (χ3v) is 5.92. The summed E-state index contributed by atoms with van der Waals surface area (Å²) in [6.07, 6.45) is 1.64. The number of ether oxygens (including phenoxy) is 4. The van der Waals surface area contributed by atoms with Crippen molar-refractivity contribution >= 4 is 0 Å². The predicted octanol–water partition coefficient (Wildman–Crippen LogP) is 2.96. The molecule has 0 fully saturated rings. The van der Waals surface area contributed by atoms with Gasteiger partial charge >= 0.3 is 0 Å². The Balaban J connectivity index is 1.68. The maximum absolute atomic E-state index is 10.4. The summed E-state index contributed by atoms with van der Waals surface area (Å²) in [7, 11) is 5.46. The molecule has 3 heterocycles. The lowest BCUT2D eigenvalue weighted by Gasteiger charge is -2.46. The molecule has 3 aliphatic heterocycles. The van der Waals surface area contributed by atoms with Gasteiger partial charge < -0.3 is 24.1 Å². The monoisotopic (exact) mass is 355 g/mol. The van der Waals surface area contributed by atoms with E-state index in [2.05, 4.69) is 24.1 Å². The Labute approximate surface area is 151 Å². The van der Waals surface area contributed by atoms with Gasteiger partial charge in [-0.1, -0.05) is 0 Å². The van der Waals surface area contributed by atoms with Crippen LogP contribution in [0.4, 0.5) is 0 Å². The summed E-state index contributed by atoms with van der Waals surface area (Å²) in [6.45, 7) is 0.159. The molecule has 5 rings (SSSR count). The summed E-state index contributed by atoms with van der Waals surface area (Å²) in [6, 6.07) is 6.41. The van der Waals surface area contributed by atoms with E-state index in [1.807, 2.05) is 6.07 Å². The van der Waals surface area contributed by atoms with E-state index in [1.165, 1.54) is 11.1 Å². The smallest absolute Gasteiger partial charge is 0.231 e. The van der Waals surface area contributed by atoms with Crippen molar-refractivity contribution in [1.29, 1.82) is 0 Å². The number of hydrogen-bond donors (Lipinski definition) is 1. The van der Waals surface area contributed by atoms with Gasteiger partial charge in [-0.15, -0.1) is 0 Å². The molecule has 1 N–H and O–H groups in total. The molecule has 2 atom stereocenters. The minimum absolute atomic E-state index is 0.154. The second-order valence-electron chi connectivity index (χ2n) is 7.04. The van der Waals surface area contributed by atoms with Gasteiger partial charge in [-0.05, 0) is 54.8 Å². The number of benzene rings is 2. The first-order chi connectivity index (χ1) is 12.6. The van der Waals surface area contributed by atoms with Crippen molar-refractivity contribution in [1.82, 2.24) is 4.90 Å². The van der Waals surface area contributed by atoms with E-state index in [1.54, 1.807) is 14.2 Å². The maximum Gasteiger partial charge on any atom is 0.231 e. The van der Waals surface area contributed by atoms with Crippen LogP contribution in [0, 0.1) is 0 Å². The molecule has 0 saturated heterocycles. The Hall–Kier alpha value is -2.60. The third kappa shape index (κ3) is 1.96. The van der Waals surface area contributed by atoms with Gasteiger partial charge in [0.25, 0.3) is 0 Å². The Bertz CT molecular complexity index is 910. The molecule has 0 unspecified atom stereocenters. The molecule has 0 aromatic heterocycles. The van der Waals surface area contributed by atoms with Crippen LogP contribution in [0.2, 0.25) is 0 Å². The number of phenolic OH excluding ortho intramolecular Hbond substituents is 1. The van der Waals surface area contributed by atoms with Gasteiger partial charge in [-0.2, -0.15) is 0 Å². The Morgan fingerprint density at radius 1 is 0.962 bits per heavy atom. The van der Waals surface area contributed by atoms with Gasteiger partial charge in [-0.3, -0.25) is 4.90 Å². The molecular formula is C20H21NO5. The van der Waals surface area contributed by atoms with E-state index in [0.29, 0.717) is 11.5 Å². The number of methoxy groups -OCH3 is 2. The second-order valence-corrected chi connectivity index (χ2v) is 7.04. The number of hydrogen-bond acceptors (Lipinski definition) is 6. The van der Waals surface area contributed by atoms with Crippen LogP contribution in [0.25, 0.3) is 0 Å². The van der Waals surface area contributed by atoms with Crippen LogP contribution in [-0.4, -0.2) is 38.1 Å². The number of aromatic hydroxyl groups is 1. The molecule has 0 saturated carbocycles. The maximum atomic E-state index is 10.4. The average Bonchev–Trinajstić information content (AvgIpc) is 3.13. The highest BCUT2D eigenvalue weighted by molar-refractivity contribution is 5.63. The molecule has 6 heteroatoms. The predicted molar refractivity (Wildman–Crippen MR) is 94.4 cm³/mol. The van der Waals surface area contributed by atoms with E-state index in [-0.39, 0.29) is 24.6 Å². The van der Waals surface area contributed by atoms with Crippen LogP contribution in [-0.2, 0) is 12.8 Å². The first-order valence-corrected chi connectivity index (χ1v) is 8.73. The Morgan fingerprint density at radius 3 is 2.42 bits per heavy atom. The lowest BCUT2D eigenvalue weighted by molar-refractivity contribution is 0.134. The zero-order valence-corrected chi connectivity index (χ0v) is 15.0. The summed E-state index contributed by atoms with van der Waals surface area (Å²) >= 11 is 0. The van der Waals surface area contributed by atoms with E-state index >= 15 is 0 Å². The molecule has 26 heavy (non-hydrogen) atoms. The molecule has 0 amide bonds. The fourth-order valence-corrected chi connectivity index (χ4v) is 4.62. The zero-order valence-electron chi connectivity index (χ0n) is 15.0. The summed E-state index contributed by atoms with van der Waals surface area (Å²) in [5, 5.41) is 10.4. The number of likely N-dealkylation sites (N-methyl/N-ethyl adjacent to an activating group) is 1. The van der Waals surface area contributed by atoms with Gasteiger partial charge in [0.2, 0.25) is 12.5 Å². The summed E-state index contributed by atoms with van der Waals surface area (Å²) in [5.74, 6) is 2.83. The number of rotatable bonds is 2. The first-order valence-electron chi connectivity index (χ1n) is 8.73. The fraction of sp³-hybridized carbons (Fsp3) is 0.400. The minimum Gasteiger partial charge on any atom is -0.504 e. The quantitative estimate of drug-likeness (QED) is 0.894. The van der Waals surface area contributed by atoms with Crippen molar-refractivity contribution in [2.24, 2.45) is 0 Å². The number of fused-ring (bicyclic) bond motifs is 8. The van der Waals surface area contributed by atoms with E-state index in [0.717, 1.165) is 35.5 Å². The lowest BCUT2D eigenvalue weighted by atomic mass is 9.76. The van der Waals surface area contributed by atoms with E-state index < -0.39 is 0 Å². The summed E-state index contributed by atoms with van der Waals surface area (Å²) < 4.78 is 22.2. The normalized spacial score (nSPS) is 22.6. The third-order valence-electron chi connectivity index (χ3n) is 5.92. The van der Waals surface area contributed by atoms with Gasteiger partial charge in [0.15, 0.2) is 23.0 Å². The first kappa shape index (κ1) is 15.6. The fourth-order valence-electron chi connectivity index (χ4n) is 4.62. The van der Waals surface area contributed by atoms with Crippen LogP contribution >= 0.6 is 0 Å². The molecule has 3 aliphatic rings. The molecule has 2 aromatic carbocycles. The highest BCUT2D eigenvalue weighted by atomic mass is 16.7. The average molecular weight is 355 g/mol. The van der Waals surface area contributed by atoms with Crippen molar-refractivity contribution in [3.63, 3.8) is 0 Å².